The highest BCUT2D eigenvalue weighted by molar-refractivity contribution is 9.10. The summed E-state index contributed by atoms with van der Waals surface area (Å²) < 4.78 is 0.965. The maximum absolute atomic E-state index is 11.1. The minimum atomic E-state index is -0.0693. The fourth-order valence-electron chi connectivity index (χ4n) is 1.59. The van der Waals surface area contributed by atoms with Gasteiger partial charge in [0.25, 0.3) is 0 Å². The smallest absolute Gasteiger partial charge is 0.221 e. The van der Waals surface area contributed by atoms with Crippen molar-refractivity contribution >= 4 is 56.1 Å². The van der Waals surface area contributed by atoms with Crippen LogP contribution in [0.25, 0.3) is 0 Å². The molecule has 0 saturated carbocycles. The topological polar surface area (TPSA) is 41.1 Å². The molecule has 1 heterocycles. The number of nitrogens with one attached hydrogen (secondary N) is 2. The Hall–Kier alpha value is -1.04. The molecule has 1 amide bonds. The largest absolute Gasteiger partial charge is 0.379 e. The van der Waals surface area contributed by atoms with Gasteiger partial charge in [0.15, 0.2) is 0 Å². The number of carbonyl (C=O) groups excluding carboxylic acids is 1. The van der Waals surface area contributed by atoms with Gasteiger partial charge in [0.2, 0.25) is 5.91 Å². The zero-order valence-corrected chi connectivity index (χ0v) is 13.3. The van der Waals surface area contributed by atoms with E-state index in [1.165, 1.54) is 6.92 Å². The molecule has 1 aromatic heterocycles. The Kier molecular flexibility index (Phi) is 4.85. The summed E-state index contributed by atoms with van der Waals surface area (Å²) in [5.74, 6) is -0.0693. The molecule has 0 aliphatic heterocycles. The lowest BCUT2D eigenvalue weighted by molar-refractivity contribution is -0.114. The summed E-state index contributed by atoms with van der Waals surface area (Å²) in [5.41, 5.74) is 1.70. The van der Waals surface area contributed by atoms with Gasteiger partial charge in [0.1, 0.15) is 0 Å². The second-order valence-electron chi connectivity index (χ2n) is 3.92. The van der Waals surface area contributed by atoms with E-state index in [2.05, 4.69) is 26.6 Å². The van der Waals surface area contributed by atoms with E-state index in [1.807, 2.05) is 29.6 Å². The van der Waals surface area contributed by atoms with Crippen molar-refractivity contribution < 1.29 is 4.79 Å². The molecule has 0 aliphatic carbocycles. The Labute approximate surface area is 129 Å². The number of carbonyl (C=O) groups is 1. The SMILES string of the molecule is CC(=O)Nc1ccsc1CNc1cc(Br)ccc1Cl. The maximum Gasteiger partial charge on any atom is 0.221 e. The first-order valence-corrected chi connectivity index (χ1v) is 7.64. The van der Waals surface area contributed by atoms with E-state index >= 15 is 0 Å². The van der Waals surface area contributed by atoms with Gasteiger partial charge in [-0.2, -0.15) is 0 Å². The third kappa shape index (κ3) is 3.96. The summed E-state index contributed by atoms with van der Waals surface area (Å²) in [5, 5.41) is 8.69. The number of thiophene rings is 1. The first kappa shape index (κ1) is 14.4. The lowest BCUT2D eigenvalue weighted by Gasteiger charge is -2.09. The Balaban J connectivity index is 2.08. The molecule has 0 saturated heterocycles. The summed E-state index contributed by atoms with van der Waals surface area (Å²) >= 11 is 11.1. The standard InChI is InChI=1S/C13H12BrClN2OS/c1-8(18)17-11-4-5-19-13(11)7-16-12-6-9(14)2-3-10(12)15/h2-6,16H,7H2,1H3,(H,17,18). The van der Waals surface area contributed by atoms with Crippen molar-refractivity contribution in [2.45, 2.75) is 13.5 Å². The van der Waals surface area contributed by atoms with Crippen LogP contribution in [0.4, 0.5) is 11.4 Å². The summed E-state index contributed by atoms with van der Waals surface area (Å²) in [4.78, 5) is 12.1. The lowest BCUT2D eigenvalue weighted by Crippen LogP contribution is -2.08. The molecule has 19 heavy (non-hydrogen) atoms. The fraction of sp³-hybridized carbons (Fsp3) is 0.154. The van der Waals surface area contributed by atoms with Crippen molar-refractivity contribution in [2.24, 2.45) is 0 Å². The molecule has 2 aromatic rings. The number of anilines is 2. The molecule has 0 bridgehead atoms. The quantitative estimate of drug-likeness (QED) is 0.828. The molecule has 6 heteroatoms. The predicted octanol–water partition coefficient (Wildman–Crippen LogP) is 4.73. The minimum absolute atomic E-state index is 0.0693. The summed E-state index contributed by atoms with van der Waals surface area (Å²) in [7, 11) is 0. The molecule has 0 fully saturated rings. The molecule has 100 valence electrons. The monoisotopic (exact) mass is 358 g/mol. The van der Waals surface area contributed by atoms with E-state index in [0.29, 0.717) is 11.6 Å². The third-order valence-corrected chi connectivity index (χ3v) is 4.17. The van der Waals surface area contributed by atoms with Crippen LogP contribution >= 0.6 is 38.9 Å². The fourth-order valence-corrected chi connectivity index (χ4v) is 2.90. The van der Waals surface area contributed by atoms with Gasteiger partial charge in [0, 0.05) is 16.3 Å². The van der Waals surface area contributed by atoms with Gasteiger partial charge in [-0.1, -0.05) is 27.5 Å². The van der Waals surface area contributed by atoms with E-state index in [0.717, 1.165) is 20.7 Å². The van der Waals surface area contributed by atoms with Crippen LogP contribution in [0.5, 0.6) is 0 Å². The molecule has 0 radical (unpaired) electrons. The highest BCUT2D eigenvalue weighted by atomic mass is 79.9. The molecule has 3 nitrogen and oxygen atoms in total. The molecule has 1 aromatic carbocycles. The number of benzene rings is 1. The molecule has 0 atom stereocenters. The van der Waals surface area contributed by atoms with Gasteiger partial charge in [-0.15, -0.1) is 11.3 Å². The van der Waals surface area contributed by atoms with Crippen molar-refractivity contribution in [3.05, 3.63) is 44.0 Å². The van der Waals surface area contributed by atoms with Crippen molar-refractivity contribution in [1.82, 2.24) is 0 Å². The molecule has 0 unspecified atom stereocenters. The van der Waals surface area contributed by atoms with Crippen LogP contribution in [0.3, 0.4) is 0 Å². The van der Waals surface area contributed by atoms with Crippen molar-refractivity contribution in [3.63, 3.8) is 0 Å². The van der Waals surface area contributed by atoms with E-state index in [9.17, 15) is 4.79 Å². The third-order valence-electron chi connectivity index (χ3n) is 2.42. The Morgan fingerprint density at radius 2 is 2.16 bits per heavy atom. The zero-order chi connectivity index (χ0) is 13.8. The van der Waals surface area contributed by atoms with Crippen LogP contribution in [0.15, 0.2) is 34.1 Å². The average Bonchev–Trinajstić information content (AvgIpc) is 2.77. The summed E-state index contributed by atoms with van der Waals surface area (Å²) in [6.07, 6.45) is 0. The Morgan fingerprint density at radius 1 is 1.37 bits per heavy atom. The number of hydrogen-bond donors (Lipinski definition) is 2. The van der Waals surface area contributed by atoms with Crippen LogP contribution in [0.2, 0.25) is 5.02 Å². The normalized spacial score (nSPS) is 10.3. The number of amides is 1. The molecule has 0 spiro atoms. The second kappa shape index (κ2) is 6.41. The maximum atomic E-state index is 11.1. The highest BCUT2D eigenvalue weighted by Crippen LogP contribution is 2.28. The number of hydrogen-bond acceptors (Lipinski definition) is 3. The van der Waals surface area contributed by atoms with Gasteiger partial charge in [0.05, 0.1) is 22.9 Å². The summed E-state index contributed by atoms with van der Waals surface area (Å²) in [6, 6.07) is 7.54. The lowest BCUT2D eigenvalue weighted by atomic mass is 10.3. The van der Waals surface area contributed by atoms with E-state index < -0.39 is 0 Å². The highest BCUT2D eigenvalue weighted by Gasteiger charge is 2.07. The van der Waals surface area contributed by atoms with Gasteiger partial charge in [-0.3, -0.25) is 4.79 Å². The van der Waals surface area contributed by atoms with Crippen LogP contribution in [-0.2, 0) is 11.3 Å². The second-order valence-corrected chi connectivity index (χ2v) is 6.24. The van der Waals surface area contributed by atoms with Crippen molar-refractivity contribution in [1.29, 1.82) is 0 Å². The molecular formula is C13H12BrClN2OS. The molecule has 2 rings (SSSR count). The van der Waals surface area contributed by atoms with Crippen molar-refractivity contribution in [3.8, 4) is 0 Å². The van der Waals surface area contributed by atoms with Crippen LogP contribution in [0, 0.1) is 0 Å². The first-order chi connectivity index (χ1) is 9.06. The predicted molar refractivity (Wildman–Crippen MR) is 85.1 cm³/mol. The average molecular weight is 360 g/mol. The van der Waals surface area contributed by atoms with Crippen molar-refractivity contribution in [2.75, 3.05) is 10.6 Å². The molecule has 0 aliphatic rings. The zero-order valence-electron chi connectivity index (χ0n) is 10.2. The van der Waals surface area contributed by atoms with E-state index in [-0.39, 0.29) is 5.91 Å². The van der Waals surface area contributed by atoms with Gasteiger partial charge in [-0.25, -0.2) is 0 Å². The minimum Gasteiger partial charge on any atom is -0.379 e. The number of halogens is 2. The number of rotatable bonds is 4. The van der Waals surface area contributed by atoms with Gasteiger partial charge < -0.3 is 10.6 Å². The van der Waals surface area contributed by atoms with Gasteiger partial charge in [-0.05, 0) is 29.6 Å². The van der Waals surface area contributed by atoms with Crippen LogP contribution in [0.1, 0.15) is 11.8 Å². The Bertz CT molecular complexity index is 600. The Morgan fingerprint density at radius 3 is 2.89 bits per heavy atom. The van der Waals surface area contributed by atoms with Crippen LogP contribution in [-0.4, -0.2) is 5.91 Å². The molecular weight excluding hydrogens is 348 g/mol. The van der Waals surface area contributed by atoms with Gasteiger partial charge >= 0.3 is 0 Å². The van der Waals surface area contributed by atoms with E-state index in [1.54, 1.807) is 11.3 Å². The first-order valence-electron chi connectivity index (χ1n) is 5.59. The van der Waals surface area contributed by atoms with Crippen LogP contribution < -0.4 is 10.6 Å². The summed E-state index contributed by atoms with van der Waals surface area (Å²) in [6.45, 7) is 2.11. The molecule has 2 N–H and O–H groups in total. The van der Waals surface area contributed by atoms with E-state index in [4.69, 9.17) is 11.6 Å².